The van der Waals surface area contributed by atoms with Gasteiger partial charge in [-0.15, -0.1) is 0 Å². The molecule has 0 saturated carbocycles. The highest BCUT2D eigenvalue weighted by molar-refractivity contribution is 5.69. The zero-order chi connectivity index (χ0) is 21.6. The standard InChI is InChI=1S/C20H23F3N2O4/c1-18(2,3)29-17(26)25-14-7-19(27,8-15(25)11-28-10-14)16-5-4-13(20(21,22)23)6-12(16)9-24/h4-6,14-15,27H,7-8,10-11H2,1-3H3. The molecular formula is C20H23F3N2O4. The van der Waals surface area contributed by atoms with Crippen molar-refractivity contribution in [2.45, 2.75) is 63.1 Å². The predicted molar refractivity (Wildman–Crippen MR) is 95.8 cm³/mol. The van der Waals surface area contributed by atoms with Gasteiger partial charge in [0.2, 0.25) is 0 Å². The third-order valence-corrected chi connectivity index (χ3v) is 5.13. The number of morpholine rings is 1. The van der Waals surface area contributed by atoms with Crippen molar-refractivity contribution in [2.24, 2.45) is 0 Å². The number of alkyl halides is 3. The smallest absolute Gasteiger partial charge is 0.416 e. The van der Waals surface area contributed by atoms with Crippen molar-refractivity contribution in [3.63, 3.8) is 0 Å². The van der Waals surface area contributed by atoms with Crippen LogP contribution in [0.4, 0.5) is 18.0 Å². The molecule has 1 amide bonds. The summed E-state index contributed by atoms with van der Waals surface area (Å²) in [6.07, 6.45) is -5.05. The first kappa shape index (κ1) is 21.4. The number of benzene rings is 1. The predicted octanol–water partition coefficient (Wildman–Crippen LogP) is 3.56. The van der Waals surface area contributed by atoms with Crippen molar-refractivity contribution in [3.05, 3.63) is 34.9 Å². The monoisotopic (exact) mass is 412 g/mol. The van der Waals surface area contributed by atoms with Gasteiger partial charge in [0.1, 0.15) is 5.60 Å². The van der Waals surface area contributed by atoms with Gasteiger partial charge in [0.05, 0.1) is 48.1 Å². The Balaban J connectivity index is 1.92. The van der Waals surface area contributed by atoms with Crippen LogP contribution in [0.1, 0.15) is 50.3 Å². The molecule has 2 saturated heterocycles. The highest BCUT2D eigenvalue weighted by Crippen LogP contribution is 2.43. The zero-order valence-electron chi connectivity index (χ0n) is 16.4. The molecule has 2 bridgehead atoms. The van der Waals surface area contributed by atoms with Crippen LogP contribution in [-0.4, -0.2) is 47.0 Å². The Bertz CT molecular complexity index is 828. The van der Waals surface area contributed by atoms with Crippen molar-refractivity contribution < 1.29 is 32.5 Å². The molecule has 3 rings (SSSR count). The van der Waals surface area contributed by atoms with Gasteiger partial charge in [-0.25, -0.2) is 4.79 Å². The Morgan fingerprint density at radius 2 is 1.86 bits per heavy atom. The first-order chi connectivity index (χ1) is 13.3. The second kappa shape index (κ2) is 7.18. The fourth-order valence-corrected chi connectivity index (χ4v) is 4.03. The summed E-state index contributed by atoms with van der Waals surface area (Å²) in [5, 5.41) is 20.7. The first-order valence-corrected chi connectivity index (χ1v) is 9.27. The van der Waals surface area contributed by atoms with Crippen LogP contribution in [0, 0.1) is 11.3 Å². The number of amides is 1. The van der Waals surface area contributed by atoms with Gasteiger partial charge in [-0.05, 0) is 32.9 Å². The minimum Gasteiger partial charge on any atom is -0.444 e. The molecule has 1 aromatic carbocycles. The van der Waals surface area contributed by atoms with E-state index in [4.69, 9.17) is 9.47 Å². The van der Waals surface area contributed by atoms with Crippen LogP contribution in [0.5, 0.6) is 0 Å². The molecule has 6 nitrogen and oxygen atoms in total. The fourth-order valence-electron chi connectivity index (χ4n) is 4.03. The second-order valence-corrected chi connectivity index (χ2v) is 8.54. The molecule has 2 aliphatic heterocycles. The third kappa shape index (κ3) is 4.33. The lowest BCUT2D eigenvalue weighted by molar-refractivity contribution is -0.142. The number of carbonyl (C=O) groups is 1. The van der Waals surface area contributed by atoms with E-state index < -0.39 is 41.1 Å². The number of halogens is 3. The van der Waals surface area contributed by atoms with Crippen molar-refractivity contribution in [3.8, 4) is 6.07 Å². The molecule has 1 N–H and O–H groups in total. The summed E-state index contributed by atoms with van der Waals surface area (Å²) in [7, 11) is 0. The summed E-state index contributed by atoms with van der Waals surface area (Å²) in [5.41, 5.74) is -3.29. The highest BCUT2D eigenvalue weighted by atomic mass is 19.4. The quantitative estimate of drug-likeness (QED) is 0.763. The van der Waals surface area contributed by atoms with Gasteiger partial charge >= 0.3 is 12.3 Å². The zero-order valence-corrected chi connectivity index (χ0v) is 16.4. The number of fused-ring (bicyclic) bond motifs is 2. The van der Waals surface area contributed by atoms with E-state index in [-0.39, 0.29) is 37.2 Å². The van der Waals surface area contributed by atoms with Gasteiger partial charge in [-0.2, -0.15) is 18.4 Å². The number of ether oxygens (including phenoxy) is 2. The number of piperidine rings is 1. The van der Waals surface area contributed by atoms with Gasteiger partial charge in [0.25, 0.3) is 0 Å². The molecule has 29 heavy (non-hydrogen) atoms. The number of rotatable bonds is 1. The third-order valence-electron chi connectivity index (χ3n) is 5.13. The maximum Gasteiger partial charge on any atom is 0.416 e. The Kier molecular flexibility index (Phi) is 5.30. The topological polar surface area (TPSA) is 82.8 Å². The maximum atomic E-state index is 13.0. The number of hydrogen-bond acceptors (Lipinski definition) is 5. The van der Waals surface area contributed by atoms with Crippen LogP contribution in [0.2, 0.25) is 0 Å². The average molecular weight is 412 g/mol. The Labute approximate surface area is 166 Å². The molecule has 2 atom stereocenters. The molecule has 0 aliphatic carbocycles. The van der Waals surface area contributed by atoms with E-state index in [1.165, 1.54) is 0 Å². The summed E-state index contributed by atoms with van der Waals surface area (Å²) >= 11 is 0. The van der Waals surface area contributed by atoms with Crippen molar-refractivity contribution in [2.75, 3.05) is 13.2 Å². The van der Waals surface area contributed by atoms with Gasteiger partial charge in [-0.1, -0.05) is 6.07 Å². The number of aliphatic hydroxyl groups is 1. The molecule has 9 heteroatoms. The largest absolute Gasteiger partial charge is 0.444 e. The summed E-state index contributed by atoms with van der Waals surface area (Å²) in [6.45, 7) is 5.58. The molecule has 0 spiro atoms. The highest BCUT2D eigenvalue weighted by Gasteiger charge is 2.50. The normalized spacial score (nSPS) is 27.3. The van der Waals surface area contributed by atoms with Gasteiger partial charge in [0.15, 0.2) is 0 Å². The van der Waals surface area contributed by atoms with Crippen LogP contribution < -0.4 is 0 Å². The van der Waals surface area contributed by atoms with Gasteiger partial charge in [-0.3, -0.25) is 4.90 Å². The van der Waals surface area contributed by atoms with E-state index in [1.54, 1.807) is 31.7 Å². The SMILES string of the molecule is CC(C)(C)OC(=O)N1C2COCC1CC(O)(c1ccc(C(F)(F)F)cc1C#N)C2. The number of nitriles is 1. The molecule has 2 heterocycles. The van der Waals surface area contributed by atoms with Gasteiger partial charge < -0.3 is 14.6 Å². The van der Waals surface area contributed by atoms with E-state index in [9.17, 15) is 28.3 Å². The van der Waals surface area contributed by atoms with E-state index >= 15 is 0 Å². The van der Waals surface area contributed by atoms with Gasteiger partial charge in [0, 0.05) is 18.4 Å². The molecular weight excluding hydrogens is 389 g/mol. The summed E-state index contributed by atoms with van der Waals surface area (Å²) < 4.78 is 50.0. The number of hydrogen-bond donors (Lipinski definition) is 1. The lowest BCUT2D eigenvalue weighted by atomic mass is 9.75. The Hall–Kier alpha value is -2.31. The van der Waals surface area contributed by atoms with E-state index in [2.05, 4.69) is 0 Å². The van der Waals surface area contributed by atoms with E-state index in [0.29, 0.717) is 0 Å². The van der Waals surface area contributed by atoms with E-state index in [0.717, 1.165) is 18.2 Å². The number of nitrogens with zero attached hydrogens (tertiary/aromatic N) is 2. The first-order valence-electron chi connectivity index (χ1n) is 9.27. The van der Waals surface area contributed by atoms with Crippen LogP contribution in [0.15, 0.2) is 18.2 Å². The van der Waals surface area contributed by atoms with Crippen LogP contribution in [-0.2, 0) is 21.3 Å². The van der Waals surface area contributed by atoms with Crippen LogP contribution in [0.3, 0.4) is 0 Å². The minimum atomic E-state index is -4.59. The molecule has 2 unspecified atom stereocenters. The maximum absolute atomic E-state index is 13.0. The summed E-state index contributed by atoms with van der Waals surface area (Å²) in [4.78, 5) is 14.2. The lowest BCUT2D eigenvalue weighted by Crippen LogP contribution is -2.63. The molecule has 1 aromatic rings. The molecule has 2 aliphatic rings. The van der Waals surface area contributed by atoms with Crippen molar-refractivity contribution >= 4 is 6.09 Å². The molecule has 0 aromatic heterocycles. The van der Waals surface area contributed by atoms with Crippen LogP contribution in [0.25, 0.3) is 0 Å². The Morgan fingerprint density at radius 3 is 2.34 bits per heavy atom. The van der Waals surface area contributed by atoms with Crippen molar-refractivity contribution in [1.82, 2.24) is 4.90 Å². The fraction of sp³-hybridized carbons (Fsp3) is 0.600. The number of carbonyl (C=O) groups excluding carboxylic acids is 1. The lowest BCUT2D eigenvalue weighted by Gasteiger charge is -2.51. The second-order valence-electron chi connectivity index (χ2n) is 8.54. The average Bonchev–Trinajstić information content (AvgIpc) is 2.58. The summed E-state index contributed by atoms with van der Waals surface area (Å²) in [5.74, 6) is 0. The molecule has 158 valence electrons. The molecule has 0 radical (unpaired) electrons. The summed E-state index contributed by atoms with van der Waals surface area (Å²) in [6, 6.07) is 3.50. The minimum absolute atomic E-state index is 0.0305. The van der Waals surface area contributed by atoms with Crippen LogP contribution >= 0.6 is 0 Å². The molecule has 2 fully saturated rings. The Morgan fingerprint density at radius 1 is 1.28 bits per heavy atom. The van der Waals surface area contributed by atoms with Crippen molar-refractivity contribution in [1.29, 1.82) is 5.26 Å². The van der Waals surface area contributed by atoms with E-state index in [1.807, 2.05) is 0 Å².